The van der Waals surface area contributed by atoms with E-state index >= 15 is 0 Å². The van der Waals surface area contributed by atoms with Crippen molar-refractivity contribution in [3.8, 4) is 0 Å². The van der Waals surface area contributed by atoms with Gasteiger partial charge in [0.05, 0.1) is 24.8 Å². The minimum absolute atomic E-state index is 0.100. The first kappa shape index (κ1) is 10.7. The Morgan fingerprint density at radius 1 is 1.40 bits per heavy atom. The van der Waals surface area contributed by atoms with Crippen molar-refractivity contribution in [2.45, 2.75) is 51.7 Å². The van der Waals surface area contributed by atoms with Crippen molar-refractivity contribution >= 4 is 0 Å². The number of rotatable bonds is 2. The lowest BCUT2D eigenvalue weighted by molar-refractivity contribution is 0.252. The number of hydrogen-bond acceptors (Lipinski definition) is 2. The van der Waals surface area contributed by atoms with Crippen LogP contribution in [0, 0.1) is 5.92 Å². The van der Waals surface area contributed by atoms with Crippen LogP contribution in [0.2, 0.25) is 0 Å². The summed E-state index contributed by atoms with van der Waals surface area (Å²) >= 11 is 0. The maximum Gasteiger partial charge on any atom is 0.0951 e. The molecule has 0 bridgehead atoms. The molecule has 2 rings (SSSR count). The van der Waals surface area contributed by atoms with Crippen LogP contribution in [-0.4, -0.2) is 14.7 Å². The fraction of sp³-hybridized carbons (Fsp3) is 0.750. The number of hydrogen-bond donors (Lipinski definition) is 1. The molecule has 0 spiro atoms. The molecule has 0 saturated heterocycles. The Morgan fingerprint density at radius 2 is 2.20 bits per heavy atom. The molecule has 2 unspecified atom stereocenters. The van der Waals surface area contributed by atoms with E-state index in [1.54, 1.807) is 6.20 Å². The Morgan fingerprint density at radius 3 is 3.00 bits per heavy atom. The second-order valence-corrected chi connectivity index (χ2v) is 4.63. The molecule has 0 radical (unpaired) electrons. The molecular formula is C12H20N2O. The molecule has 0 amide bonds. The lowest BCUT2D eigenvalue weighted by atomic mass is 9.96. The van der Waals surface area contributed by atoms with Gasteiger partial charge in [-0.1, -0.05) is 26.2 Å². The van der Waals surface area contributed by atoms with Gasteiger partial charge in [-0.05, 0) is 18.8 Å². The molecule has 84 valence electrons. The smallest absolute Gasteiger partial charge is 0.0951 e. The third-order valence-electron chi connectivity index (χ3n) is 3.58. The first-order valence-electron chi connectivity index (χ1n) is 5.94. The van der Waals surface area contributed by atoms with Gasteiger partial charge in [-0.15, -0.1) is 0 Å². The lowest BCUT2D eigenvalue weighted by Crippen LogP contribution is -2.17. The number of aliphatic hydroxyl groups is 1. The van der Waals surface area contributed by atoms with Crippen LogP contribution >= 0.6 is 0 Å². The van der Waals surface area contributed by atoms with Crippen molar-refractivity contribution in [2.75, 3.05) is 0 Å². The topological polar surface area (TPSA) is 38.0 Å². The van der Waals surface area contributed by atoms with Crippen LogP contribution < -0.4 is 0 Å². The maximum absolute atomic E-state index is 9.23. The fourth-order valence-electron chi connectivity index (χ4n) is 2.64. The molecule has 1 aromatic rings. The van der Waals surface area contributed by atoms with Crippen LogP contribution in [-0.2, 0) is 6.61 Å². The summed E-state index contributed by atoms with van der Waals surface area (Å²) in [5, 5.41) is 9.23. The molecule has 1 aliphatic carbocycles. The zero-order chi connectivity index (χ0) is 10.7. The van der Waals surface area contributed by atoms with E-state index in [0.717, 1.165) is 5.69 Å². The van der Waals surface area contributed by atoms with Gasteiger partial charge in [0.25, 0.3) is 0 Å². The minimum Gasteiger partial charge on any atom is -0.390 e. The van der Waals surface area contributed by atoms with Gasteiger partial charge in [0, 0.05) is 6.04 Å². The highest BCUT2D eigenvalue weighted by atomic mass is 16.3. The van der Waals surface area contributed by atoms with Crippen molar-refractivity contribution in [2.24, 2.45) is 5.92 Å². The number of imidazole rings is 1. The predicted octanol–water partition coefficient (Wildman–Crippen LogP) is 2.52. The molecule has 1 fully saturated rings. The fourth-order valence-corrected chi connectivity index (χ4v) is 2.64. The zero-order valence-corrected chi connectivity index (χ0v) is 9.39. The first-order valence-corrected chi connectivity index (χ1v) is 5.94. The van der Waals surface area contributed by atoms with E-state index in [4.69, 9.17) is 0 Å². The number of nitrogens with zero attached hydrogens (tertiary/aromatic N) is 2. The van der Waals surface area contributed by atoms with Gasteiger partial charge in [0.2, 0.25) is 0 Å². The highest BCUT2D eigenvalue weighted by Gasteiger charge is 2.22. The third-order valence-corrected chi connectivity index (χ3v) is 3.58. The summed E-state index contributed by atoms with van der Waals surface area (Å²) in [5.74, 6) is 0.701. The number of aliphatic hydroxyl groups excluding tert-OH is 1. The van der Waals surface area contributed by atoms with Gasteiger partial charge >= 0.3 is 0 Å². The van der Waals surface area contributed by atoms with Crippen molar-refractivity contribution in [1.29, 1.82) is 0 Å². The van der Waals surface area contributed by atoms with E-state index in [-0.39, 0.29) is 6.61 Å². The van der Waals surface area contributed by atoms with Gasteiger partial charge in [-0.2, -0.15) is 0 Å². The molecule has 0 aliphatic heterocycles. The van der Waals surface area contributed by atoms with Crippen molar-refractivity contribution in [3.63, 3.8) is 0 Å². The molecule has 0 aromatic carbocycles. The van der Waals surface area contributed by atoms with E-state index in [0.29, 0.717) is 12.0 Å². The molecule has 1 N–H and O–H groups in total. The molecule has 2 atom stereocenters. The first-order chi connectivity index (χ1) is 7.33. The molecule has 3 nitrogen and oxygen atoms in total. The highest BCUT2D eigenvalue weighted by molar-refractivity contribution is 4.99. The summed E-state index contributed by atoms with van der Waals surface area (Å²) in [6.45, 7) is 2.42. The molecule has 1 aliphatic rings. The van der Waals surface area contributed by atoms with Gasteiger partial charge < -0.3 is 9.67 Å². The quantitative estimate of drug-likeness (QED) is 0.758. The third kappa shape index (κ3) is 2.23. The summed E-state index contributed by atoms with van der Waals surface area (Å²) in [6.07, 6.45) is 10.2. The Hall–Kier alpha value is -0.830. The summed E-state index contributed by atoms with van der Waals surface area (Å²) in [5.41, 5.74) is 0.953. The summed E-state index contributed by atoms with van der Waals surface area (Å²) in [4.78, 5) is 4.14. The van der Waals surface area contributed by atoms with E-state index in [9.17, 15) is 5.11 Å². The van der Waals surface area contributed by atoms with Crippen LogP contribution in [0.4, 0.5) is 0 Å². The Labute approximate surface area is 91.1 Å². The van der Waals surface area contributed by atoms with Crippen LogP contribution in [0.5, 0.6) is 0 Å². The van der Waals surface area contributed by atoms with E-state index in [2.05, 4.69) is 16.5 Å². The Kier molecular flexibility index (Phi) is 3.41. The zero-order valence-electron chi connectivity index (χ0n) is 9.39. The molecule has 1 saturated carbocycles. The number of aromatic nitrogens is 2. The summed E-state index contributed by atoms with van der Waals surface area (Å²) < 4.78 is 2.18. The van der Waals surface area contributed by atoms with Gasteiger partial charge in [0.1, 0.15) is 0 Å². The predicted molar refractivity (Wildman–Crippen MR) is 59.4 cm³/mol. The molecule has 1 aromatic heterocycles. The molecule has 1 heterocycles. The van der Waals surface area contributed by atoms with Crippen LogP contribution in [0.3, 0.4) is 0 Å². The average Bonchev–Trinajstić information content (AvgIpc) is 2.61. The van der Waals surface area contributed by atoms with Gasteiger partial charge in [-0.25, -0.2) is 4.98 Å². The summed E-state index contributed by atoms with van der Waals surface area (Å²) in [6, 6.07) is 0.539. The minimum atomic E-state index is 0.100. The molecule has 3 heteroatoms. The van der Waals surface area contributed by atoms with Crippen molar-refractivity contribution < 1.29 is 5.11 Å². The monoisotopic (exact) mass is 208 g/mol. The van der Waals surface area contributed by atoms with E-state index in [1.165, 1.54) is 32.1 Å². The van der Waals surface area contributed by atoms with Crippen LogP contribution in [0.15, 0.2) is 12.5 Å². The maximum atomic E-state index is 9.23. The van der Waals surface area contributed by atoms with Crippen molar-refractivity contribution in [1.82, 2.24) is 9.55 Å². The van der Waals surface area contributed by atoms with Gasteiger partial charge in [-0.3, -0.25) is 0 Å². The largest absolute Gasteiger partial charge is 0.390 e. The second-order valence-electron chi connectivity index (χ2n) is 4.63. The van der Waals surface area contributed by atoms with E-state index in [1.807, 2.05) is 6.33 Å². The van der Waals surface area contributed by atoms with E-state index < -0.39 is 0 Å². The standard InChI is InChI=1S/C12H20N2O/c1-10-5-3-2-4-6-12(10)14-9-13-7-11(14)8-15/h7,9-10,12,15H,2-6,8H2,1H3. The molecular weight excluding hydrogens is 188 g/mol. The van der Waals surface area contributed by atoms with Crippen molar-refractivity contribution in [3.05, 3.63) is 18.2 Å². The molecule has 15 heavy (non-hydrogen) atoms. The van der Waals surface area contributed by atoms with Crippen LogP contribution in [0.25, 0.3) is 0 Å². The highest BCUT2D eigenvalue weighted by Crippen LogP contribution is 2.32. The van der Waals surface area contributed by atoms with Crippen LogP contribution in [0.1, 0.15) is 50.8 Å². The lowest BCUT2D eigenvalue weighted by Gasteiger charge is -2.24. The normalized spacial score (nSPS) is 27.6. The summed E-state index contributed by atoms with van der Waals surface area (Å²) in [7, 11) is 0. The Balaban J connectivity index is 2.19. The average molecular weight is 208 g/mol. The second kappa shape index (κ2) is 4.79. The SMILES string of the molecule is CC1CCCCCC1n1cncc1CO. The Bertz CT molecular complexity index is 308. The van der Waals surface area contributed by atoms with Gasteiger partial charge in [0.15, 0.2) is 0 Å².